The van der Waals surface area contributed by atoms with Crippen LogP contribution < -0.4 is 5.73 Å². The topological polar surface area (TPSA) is 57.0 Å². The van der Waals surface area contributed by atoms with Crippen LogP contribution >= 0.6 is 27.5 Å². The Hall–Kier alpha value is -1.79. The first-order valence-corrected chi connectivity index (χ1v) is 7.18. The van der Waals surface area contributed by atoms with E-state index >= 15 is 0 Å². The number of furan rings is 1. The fraction of sp³-hybridized carbons (Fsp3) is 0.0714. The first kappa shape index (κ1) is 14.2. The van der Waals surface area contributed by atoms with Crippen molar-refractivity contribution in [2.45, 2.75) is 0 Å². The summed E-state index contributed by atoms with van der Waals surface area (Å²) in [7, 11) is 1.72. The summed E-state index contributed by atoms with van der Waals surface area (Å²) < 4.78 is 20.9. The summed E-state index contributed by atoms with van der Waals surface area (Å²) in [5.74, 6) is 0.559. The summed E-state index contributed by atoms with van der Waals surface area (Å²) >= 11 is 9.39. The molecule has 0 amide bonds. The molecule has 0 spiro atoms. The maximum absolute atomic E-state index is 13.2. The first-order valence-electron chi connectivity index (χ1n) is 6.01. The molecule has 0 aliphatic carbocycles. The van der Waals surface area contributed by atoms with Gasteiger partial charge in [0.2, 0.25) is 0 Å². The molecular weight excluding hydrogens is 361 g/mol. The number of nitrogens with two attached hydrogens (primary N) is 1. The molecule has 1 aromatic carbocycles. The third-order valence-electron chi connectivity index (χ3n) is 3.10. The van der Waals surface area contributed by atoms with Gasteiger partial charge in [-0.05, 0) is 46.3 Å². The van der Waals surface area contributed by atoms with Crippen LogP contribution in [0, 0.1) is 5.82 Å². The Morgan fingerprint density at radius 2 is 2.10 bits per heavy atom. The summed E-state index contributed by atoms with van der Waals surface area (Å²) in [4.78, 5) is 0. The van der Waals surface area contributed by atoms with Crippen molar-refractivity contribution in [2.24, 2.45) is 7.05 Å². The summed E-state index contributed by atoms with van der Waals surface area (Å²) in [5.41, 5.74) is 7.85. The van der Waals surface area contributed by atoms with E-state index in [-0.39, 0.29) is 5.02 Å². The highest BCUT2D eigenvalue weighted by atomic mass is 79.9. The minimum Gasteiger partial charge on any atom is -0.448 e. The zero-order valence-corrected chi connectivity index (χ0v) is 13.2. The van der Waals surface area contributed by atoms with Crippen molar-refractivity contribution in [1.82, 2.24) is 9.78 Å². The van der Waals surface area contributed by atoms with E-state index in [2.05, 4.69) is 21.0 Å². The van der Waals surface area contributed by atoms with Crippen LogP contribution in [0.15, 0.2) is 39.4 Å². The number of anilines is 1. The third-order valence-corrected chi connectivity index (χ3v) is 3.84. The number of halogens is 3. The lowest BCUT2D eigenvalue weighted by Crippen LogP contribution is -1.98. The zero-order valence-electron chi connectivity index (χ0n) is 10.9. The molecule has 0 atom stereocenters. The lowest BCUT2D eigenvalue weighted by Gasteiger charge is -2.05. The molecule has 0 saturated carbocycles. The van der Waals surface area contributed by atoms with E-state index in [0.717, 1.165) is 0 Å². The van der Waals surface area contributed by atoms with Gasteiger partial charge in [0.25, 0.3) is 0 Å². The number of benzene rings is 1. The second-order valence-electron chi connectivity index (χ2n) is 4.46. The van der Waals surface area contributed by atoms with Crippen LogP contribution in [-0.4, -0.2) is 9.78 Å². The molecule has 3 rings (SSSR count). The molecule has 7 heteroatoms. The van der Waals surface area contributed by atoms with Gasteiger partial charge >= 0.3 is 0 Å². The van der Waals surface area contributed by atoms with Gasteiger partial charge in [0, 0.05) is 12.6 Å². The van der Waals surface area contributed by atoms with E-state index in [1.165, 1.54) is 16.8 Å². The van der Waals surface area contributed by atoms with Crippen LogP contribution in [0.3, 0.4) is 0 Å². The number of aromatic nitrogens is 2. The Bertz CT molecular complexity index is 828. The van der Waals surface area contributed by atoms with Crippen molar-refractivity contribution in [3.05, 3.63) is 45.8 Å². The molecule has 2 aromatic heterocycles. The normalized spacial score (nSPS) is 11.0. The molecule has 0 aliphatic heterocycles. The minimum atomic E-state index is -0.409. The molecule has 2 N–H and O–H groups in total. The lowest BCUT2D eigenvalue weighted by atomic mass is 10.0. The molecule has 0 saturated heterocycles. The quantitative estimate of drug-likeness (QED) is 0.723. The van der Waals surface area contributed by atoms with Gasteiger partial charge in [-0.15, -0.1) is 0 Å². The van der Waals surface area contributed by atoms with Gasteiger partial charge in [-0.2, -0.15) is 5.10 Å². The molecule has 3 aromatic rings. The van der Waals surface area contributed by atoms with Crippen molar-refractivity contribution in [1.29, 1.82) is 0 Å². The Morgan fingerprint density at radius 3 is 2.71 bits per heavy atom. The SMILES string of the molecule is Cn1nc(-c2ccc(Br)o2)c(-c2ccc(F)cc2Cl)c1N. The predicted molar refractivity (Wildman–Crippen MR) is 83.4 cm³/mol. The van der Waals surface area contributed by atoms with Crippen LogP contribution in [0.5, 0.6) is 0 Å². The average molecular weight is 371 g/mol. The molecule has 2 heterocycles. The number of hydrogen-bond donors (Lipinski definition) is 1. The maximum Gasteiger partial charge on any atom is 0.169 e. The highest BCUT2D eigenvalue weighted by molar-refractivity contribution is 9.10. The maximum atomic E-state index is 13.2. The zero-order chi connectivity index (χ0) is 15.1. The lowest BCUT2D eigenvalue weighted by molar-refractivity contribution is 0.552. The summed E-state index contributed by atoms with van der Waals surface area (Å²) in [6.07, 6.45) is 0. The van der Waals surface area contributed by atoms with E-state index in [1.54, 1.807) is 25.2 Å². The van der Waals surface area contributed by atoms with Gasteiger partial charge in [0.15, 0.2) is 10.4 Å². The molecule has 0 aliphatic rings. The van der Waals surface area contributed by atoms with Crippen molar-refractivity contribution < 1.29 is 8.81 Å². The summed E-state index contributed by atoms with van der Waals surface area (Å²) in [5, 5.41) is 4.62. The van der Waals surface area contributed by atoms with E-state index in [9.17, 15) is 4.39 Å². The van der Waals surface area contributed by atoms with E-state index < -0.39 is 5.82 Å². The number of aryl methyl sites for hydroxylation is 1. The Kier molecular flexibility index (Phi) is 3.51. The number of hydrogen-bond acceptors (Lipinski definition) is 3. The molecule has 0 radical (unpaired) electrons. The monoisotopic (exact) mass is 369 g/mol. The standard InChI is InChI=1S/C14H10BrClFN3O/c1-20-14(18)12(8-3-2-7(17)6-9(8)16)13(19-20)10-4-5-11(15)21-10/h2-6H,18H2,1H3. The highest BCUT2D eigenvalue weighted by Crippen LogP contribution is 2.40. The minimum absolute atomic E-state index is 0.265. The van der Waals surface area contributed by atoms with E-state index in [1.807, 2.05) is 0 Å². The van der Waals surface area contributed by atoms with Crippen LogP contribution in [0.2, 0.25) is 5.02 Å². The molecule has 4 nitrogen and oxygen atoms in total. The molecular formula is C14H10BrClFN3O. The van der Waals surface area contributed by atoms with Gasteiger partial charge in [-0.25, -0.2) is 4.39 Å². The van der Waals surface area contributed by atoms with Gasteiger partial charge in [0.05, 0.1) is 10.6 Å². The second kappa shape index (κ2) is 5.20. The van der Waals surface area contributed by atoms with E-state index in [4.69, 9.17) is 21.8 Å². The number of nitrogens with zero attached hydrogens (tertiary/aromatic N) is 2. The third kappa shape index (κ3) is 2.45. The van der Waals surface area contributed by atoms with E-state index in [0.29, 0.717) is 33.1 Å². The molecule has 0 bridgehead atoms. The Morgan fingerprint density at radius 1 is 1.33 bits per heavy atom. The molecule has 108 valence electrons. The van der Waals surface area contributed by atoms with Gasteiger partial charge < -0.3 is 10.2 Å². The Balaban J connectivity index is 2.26. The molecule has 0 fully saturated rings. The fourth-order valence-corrected chi connectivity index (χ4v) is 2.68. The molecule has 0 unspecified atom stereocenters. The van der Waals surface area contributed by atoms with Crippen LogP contribution in [-0.2, 0) is 7.05 Å². The van der Waals surface area contributed by atoms with Crippen molar-refractivity contribution in [2.75, 3.05) is 5.73 Å². The van der Waals surface area contributed by atoms with Crippen LogP contribution in [0.25, 0.3) is 22.6 Å². The second-order valence-corrected chi connectivity index (χ2v) is 5.65. The van der Waals surface area contributed by atoms with Crippen molar-refractivity contribution in [3.63, 3.8) is 0 Å². The van der Waals surface area contributed by atoms with Gasteiger partial charge in [-0.1, -0.05) is 11.6 Å². The van der Waals surface area contributed by atoms with Gasteiger partial charge in [0.1, 0.15) is 17.3 Å². The van der Waals surface area contributed by atoms with Crippen molar-refractivity contribution >= 4 is 33.3 Å². The largest absolute Gasteiger partial charge is 0.448 e. The van der Waals surface area contributed by atoms with Crippen LogP contribution in [0.4, 0.5) is 10.2 Å². The fourth-order valence-electron chi connectivity index (χ4n) is 2.11. The van der Waals surface area contributed by atoms with Crippen molar-refractivity contribution in [3.8, 4) is 22.6 Å². The molecule has 21 heavy (non-hydrogen) atoms. The van der Waals surface area contributed by atoms with Gasteiger partial charge in [-0.3, -0.25) is 4.68 Å². The average Bonchev–Trinajstić information content (AvgIpc) is 2.96. The highest BCUT2D eigenvalue weighted by Gasteiger charge is 2.21. The Labute approximate surface area is 133 Å². The first-order chi connectivity index (χ1) is 9.97. The summed E-state index contributed by atoms with van der Waals surface area (Å²) in [6.45, 7) is 0. The number of nitrogen functional groups attached to an aromatic ring is 1. The summed E-state index contributed by atoms with van der Waals surface area (Å²) in [6, 6.07) is 7.68. The predicted octanol–water partition coefficient (Wildman–Crippen LogP) is 4.48. The number of rotatable bonds is 2. The van der Waals surface area contributed by atoms with Crippen LogP contribution in [0.1, 0.15) is 0 Å². The smallest absolute Gasteiger partial charge is 0.169 e.